The maximum Gasteiger partial charge on any atom is 0.215 e. The zero-order valence-corrected chi connectivity index (χ0v) is 5.62. The minimum atomic E-state index is 0.358. The first-order valence-corrected chi connectivity index (χ1v) is 3.07. The van der Waals surface area contributed by atoms with Crippen molar-refractivity contribution >= 4 is 11.7 Å². The van der Waals surface area contributed by atoms with E-state index in [0.29, 0.717) is 19.0 Å². The van der Waals surface area contributed by atoms with E-state index < -0.39 is 0 Å². The van der Waals surface area contributed by atoms with Crippen LogP contribution >= 0.6 is 0 Å². The molecule has 0 aromatic heterocycles. The van der Waals surface area contributed by atoms with Crippen LogP contribution in [0.15, 0.2) is 22.1 Å². The summed E-state index contributed by atoms with van der Waals surface area (Å²) in [5, 5.41) is 0. The van der Waals surface area contributed by atoms with Crippen LogP contribution in [0.2, 0.25) is 0 Å². The maximum absolute atomic E-state index is 5.29. The Hall–Kier alpha value is -1.16. The molecular formula is C6H10N4. The van der Waals surface area contributed by atoms with Gasteiger partial charge in [-0.3, -0.25) is 0 Å². The highest BCUT2D eigenvalue weighted by Crippen LogP contribution is 1.92. The summed E-state index contributed by atoms with van der Waals surface area (Å²) in [6.07, 6.45) is 3.66. The first-order valence-electron chi connectivity index (χ1n) is 3.07. The molecule has 4 nitrogen and oxygen atoms in total. The van der Waals surface area contributed by atoms with Gasteiger partial charge in [0.05, 0.1) is 12.3 Å². The van der Waals surface area contributed by atoms with Gasteiger partial charge < -0.3 is 11.5 Å². The lowest BCUT2D eigenvalue weighted by Gasteiger charge is -1.84. The topological polar surface area (TPSA) is 76.8 Å². The lowest BCUT2D eigenvalue weighted by molar-refractivity contribution is 1.25. The van der Waals surface area contributed by atoms with Crippen LogP contribution in [0.5, 0.6) is 0 Å². The van der Waals surface area contributed by atoms with Gasteiger partial charge in [0.25, 0.3) is 0 Å². The molecule has 0 spiro atoms. The third-order valence-corrected chi connectivity index (χ3v) is 1.11. The van der Waals surface area contributed by atoms with Gasteiger partial charge in [0.1, 0.15) is 0 Å². The molecule has 0 saturated heterocycles. The summed E-state index contributed by atoms with van der Waals surface area (Å²) in [7, 11) is 0. The van der Waals surface area contributed by atoms with E-state index in [4.69, 9.17) is 11.5 Å². The van der Waals surface area contributed by atoms with Gasteiger partial charge in [-0.15, -0.1) is 0 Å². The summed E-state index contributed by atoms with van der Waals surface area (Å²) >= 11 is 0. The zero-order valence-electron chi connectivity index (χ0n) is 5.62. The van der Waals surface area contributed by atoms with Crippen LogP contribution in [0.4, 0.5) is 0 Å². The quantitative estimate of drug-likeness (QED) is 0.527. The van der Waals surface area contributed by atoms with E-state index in [2.05, 4.69) is 9.98 Å². The number of rotatable bonds is 2. The molecule has 0 unspecified atom stereocenters. The second kappa shape index (κ2) is 3.12. The van der Waals surface area contributed by atoms with E-state index in [1.54, 1.807) is 0 Å². The predicted molar refractivity (Wildman–Crippen MR) is 42.1 cm³/mol. The summed E-state index contributed by atoms with van der Waals surface area (Å²) in [5.74, 6) is 0.358. The lowest BCUT2D eigenvalue weighted by atomic mass is 10.3. The number of nitrogens with two attached hydrogens (primary N) is 2. The van der Waals surface area contributed by atoms with Gasteiger partial charge in [-0.25, -0.2) is 9.98 Å². The average Bonchev–Trinajstić information content (AvgIpc) is 2.31. The molecule has 0 aromatic carbocycles. The summed E-state index contributed by atoms with van der Waals surface area (Å²) in [6, 6.07) is 0. The number of guanidine groups is 1. The van der Waals surface area contributed by atoms with Crippen molar-refractivity contribution in [2.45, 2.75) is 0 Å². The van der Waals surface area contributed by atoms with Crippen molar-refractivity contribution in [2.75, 3.05) is 13.1 Å². The van der Waals surface area contributed by atoms with Crippen molar-refractivity contribution in [3.63, 3.8) is 0 Å². The van der Waals surface area contributed by atoms with Gasteiger partial charge in [-0.2, -0.15) is 0 Å². The van der Waals surface area contributed by atoms with Gasteiger partial charge in [0, 0.05) is 6.54 Å². The van der Waals surface area contributed by atoms with Crippen LogP contribution in [0.1, 0.15) is 0 Å². The molecule has 1 heterocycles. The fourth-order valence-electron chi connectivity index (χ4n) is 0.674. The van der Waals surface area contributed by atoms with E-state index in [-0.39, 0.29) is 0 Å². The molecular weight excluding hydrogens is 128 g/mol. The number of hydrogen-bond donors (Lipinski definition) is 2. The molecule has 0 amide bonds. The lowest BCUT2D eigenvalue weighted by Crippen LogP contribution is -2.04. The monoisotopic (exact) mass is 138 g/mol. The Labute approximate surface area is 59.3 Å². The Morgan fingerprint density at radius 3 is 2.90 bits per heavy atom. The third-order valence-electron chi connectivity index (χ3n) is 1.11. The normalized spacial score (nSPS) is 17.7. The van der Waals surface area contributed by atoms with Gasteiger partial charge in [-0.05, 0) is 6.08 Å². The molecule has 0 aliphatic carbocycles. The Bertz CT molecular complexity index is 202. The SMILES string of the molecule is NC/C=C/C1=NC(N)=NC1. The highest BCUT2D eigenvalue weighted by molar-refractivity contribution is 6.08. The highest BCUT2D eigenvalue weighted by Gasteiger charge is 2.01. The fraction of sp³-hybridized carbons (Fsp3) is 0.333. The van der Waals surface area contributed by atoms with E-state index >= 15 is 0 Å². The van der Waals surface area contributed by atoms with Crippen LogP contribution < -0.4 is 11.5 Å². The predicted octanol–water partition coefficient (Wildman–Crippen LogP) is -0.729. The molecule has 1 aliphatic rings. The molecule has 10 heavy (non-hydrogen) atoms. The molecule has 0 bridgehead atoms. The van der Waals surface area contributed by atoms with Crippen molar-refractivity contribution < 1.29 is 0 Å². The molecule has 1 aliphatic heterocycles. The Balaban J connectivity index is 2.48. The van der Waals surface area contributed by atoms with E-state index in [9.17, 15) is 0 Å². The number of aliphatic imine (C=N–C) groups is 2. The second-order valence-corrected chi connectivity index (χ2v) is 1.92. The van der Waals surface area contributed by atoms with Crippen molar-refractivity contribution in [1.82, 2.24) is 0 Å². The molecule has 1 rings (SSSR count). The van der Waals surface area contributed by atoms with Crippen molar-refractivity contribution in [1.29, 1.82) is 0 Å². The van der Waals surface area contributed by atoms with Crippen molar-refractivity contribution in [2.24, 2.45) is 21.5 Å². The van der Waals surface area contributed by atoms with Crippen LogP contribution in [0.3, 0.4) is 0 Å². The van der Waals surface area contributed by atoms with Crippen molar-refractivity contribution in [3.05, 3.63) is 12.2 Å². The number of hydrogen-bond acceptors (Lipinski definition) is 4. The first kappa shape index (κ1) is 6.95. The van der Waals surface area contributed by atoms with Crippen LogP contribution in [-0.2, 0) is 0 Å². The minimum Gasteiger partial charge on any atom is -0.368 e. The van der Waals surface area contributed by atoms with E-state index in [1.807, 2.05) is 12.2 Å². The molecule has 4 N–H and O–H groups in total. The maximum atomic E-state index is 5.29. The third kappa shape index (κ3) is 1.66. The van der Waals surface area contributed by atoms with Gasteiger partial charge in [0.15, 0.2) is 0 Å². The molecule has 0 atom stereocenters. The average molecular weight is 138 g/mol. The molecule has 54 valence electrons. The first-order chi connectivity index (χ1) is 4.83. The van der Waals surface area contributed by atoms with Gasteiger partial charge in [-0.1, -0.05) is 6.08 Å². The van der Waals surface area contributed by atoms with Gasteiger partial charge >= 0.3 is 0 Å². The molecule has 0 saturated carbocycles. The smallest absolute Gasteiger partial charge is 0.215 e. The summed E-state index contributed by atoms with van der Waals surface area (Å²) in [4.78, 5) is 7.80. The van der Waals surface area contributed by atoms with Crippen LogP contribution in [0.25, 0.3) is 0 Å². The number of nitrogens with zero attached hydrogens (tertiary/aromatic N) is 2. The van der Waals surface area contributed by atoms with Crippen molar-refractivity contribution in [3.8, 4) is 0 Å². The standard InChI is InChI=1S/C6H10N4/c7-3-1-2-5-4-9-6(8)10-5/h1-2H,3-4,7H2,(H2,8,9)/b2-1+. The fourth-order valence-corrected chi connectivity index (χ4v) is 0.674. The Morgan fingerprint density at radius 1 is 1.60 bits per heavy atom. The van der Waals surface area contributed by atoms with Crippen LogP contribution in [-0.4, -0.2) is 24.8 Å². The van der Waals surface area contributed by atoms with E-state index in [0.717, 1.165) is 5.71 Å². The molecule has 0 aromatic rings. The van der Waals surface area contributed by atoms with Gasteiger partial charge in [0.2, 0.25) is 5.96 Å². The Kier molecular flexibility index (Phi) is 2.17. The van der Waals surface area contributed by atoms with E-state index in [1.165, 1.54) is 0 Å². The molecule has 0 fully saturated rings. The summed E-state index contributed by atoms with van der Waals surface area (Å²) in [5.41, 5.74) is 11.4. The summed E-state index contributed by atoms with van der Waals surface area (Å²) < 4.78 is 0. The second-order valence-electron chi connectivity index (χ2n) is 1.92. The molecule has 0 radical (unpaired) electrons. The molecule has 4 heteroatoms. The minimum absolute atomic E-state index is 0.358. The highest BCUT2D eigenvalue weighted by atomic mass is 15.1. The Morgan fingerprint density at radius 2 is 2.40 bits per heavy atom. The zero-order chi connectivity index (χ0) is 7.40. The summed E-state index contributed by atoms with van der Waals surface area (Å²) in [6.45, 7) is 1.11. The largest absolute Gasteiger partial charge is 0.368 e. The van der Waals surface area contributed by atoms with Crippen LogP contribution in [0, 0.1) is 0 Å².